The van der Waals surface area contributed by atoms with Crippen molar-refractivity contribution in [2.75, 3.05) is 20.8 Å². The first kappa shape index (κ1) is 19.8. The third-order valence-corrected chi connectivity index (χ3v) is 5.96. The zero-order valence-electron chi connectivity index (χ0n) is 18.4. The Balaban J connectivity index is 1.74. The Hall–Kier alpha value is -3.12. The first-order chi connectivity index (χ1) is 14.9. The molecule has 6 nitrogen and oxygen atoms in total. The number of hydrogen-bond donors (Lipinski definition) is 1. The smallest absolute Gasteiger partial charge is 0.162 e. The molecule has 0 saturated carbocycles. The molecule has 2 aromatic rings. The molecule has 1 atom stereocenters. The van der Waals surface area contributed by atoms with Gasteiger partial charge in [-0.1, -0.05) is 0 Å². The first-order valence-electron chi connectivity index (χ1n) is 10.3. The fourth-order valence-electron chi connectivity index (χ4n) is 4.77. The Bertz CT molecular complexity index is 1140. The molecule has 0 spiro atoms. The van der Waals surface area contributed by atoms with Gasteiger partial charge in [-0.25, -0.2) is 0 Å². The van der Waals surface area contributed by atoms with Crippen LogP contribution in [-0.2, 0) is 11.3 Å². The molecule has 0 amide bonds. The Kier molecular flexibility index (Phi) is 4.45. The minimum absolute atomic E-state index is 0.132. The summed E-state index contributed by atoms with van der Waals surface area (Å²) in [4.78, 5) is 0. The van der Waals surface area contributed by atoms with E-state index in [-0.39, 0.29) is 18.3 Å². The predicted molar refractivity (Wildman–Crippen MR) is 117 cm³/mol. The molecule has 31 heavy (non-hydrogen) atoms. The van der Waals surface area contributed by atoms with Crippen molar-refractivity contribution in [2.45, 2.75) is 39.1 Å². The molecule has 0 radical (unpaired) electrons. The van der Waals surface area contributed by atoms with E-state index in [9.17, 15) is 5.11 Å². The van der Waals surface area contributed by atoms with Crippen molar-refractivity contribution in [3.05, 3.63) is 52.6 Å². The molecular formula is C25H26O6. The monoisotopic (exact) mass is 422 g/mol. The lowest BCUT2D eigenvalue weighted by Crippen LogP contribution is -2.35. The molecule has 0 fully saturated rings. The van der Waals surface area contributed by atoms with Gasteiger partial charge in [0.05, 0.1) is 32.0 Å². The van der Waals surface area contributed by atoms with Gasteiger partial charge in [0.25, 0.3) is 0 Å². The lowest BCUT2D eigenvalue weighted by molar-refractivity contribution is 0.144. The zero-order valence-corrected chi connectivity index (χ0v) is 18.4. The summed E-state index contributed by atoms with van der Waals surface area (Å²) < 4.78 is 30.1. The summed E-state index contributed by atoms with van der Waals surface area (Å²) in [6, 6.07) is 7.66. The van der Waals surface area contributed by atoms with E-state index in [1.165, 1.54) is 0 Å². The first-order valence-corrected chi connectivity index (χ1v) is 10.3. The van der Waals surface area contributed by atoms with Crippen molar-refractivity contribution >= 4 is 16.9 Å². The second-order valence-electron chi connectivity index (χ2n) is 8.53. The van der Waals surface area contributed by atoms with Gasteiger partial charge >= 0.3 is 0 Å². The van der Waals surface area contributed by atoms with Crippen molar-refractivity contribution in [1.29, 1.82) is 0 Å². The Morgan fingerprint density at radius 1 is 1.10 bits per heavy atom. The maximum Gasteiger partial charge on any atom is 0.162 e. The van der Waals surface area contributed by atoms with Crippen LogP contribution in [-0.4, -0.2) is 37.6 Å². The normalized spacial score (nSPS) is 20.1. The number of benzene rings is 2. The molecule has 162 valence electrons. The summed E-state index contributed by atoms with van der Waals surface area (Å²) in [5.74, 6) is 3.57. The SMILES string of the molecule is COC1=C2c3cc(OC)c(CO)cc3OC[C@H]2Oc2c1ccc1c2C(C)=CC(C)(C)O1. The van der Waals surface area contributed by atoms with Gasteiger partial charge in [0, 0.05) is 16.7 Å². The number of allylic oxidation sites excluding steroid dienone is 1. The molecule has 0 aromatic heterocycles. The number of hydrogen-bond acceptors (Lipinski definition) is 6. The molecule has 3 heterocycles. The molecular weight excluding hydrogens is 396 g/mol. The molecule has 3 aliphatic rings. The Morgan fingerprint density at radius 3 is 2.61 bits per heavy atom. The van der Waals surface area contributed by atoms with Crippen molar-refractivity contribution in [2.24, 2.45) is 0 Å². The van der Waals surface area contributed by atoms with E-state index in [2.05, 4.69) is 13.0 Å². The number of methoxy groups -OCH3 is 2. The number of aliphatic hydroxyl groups excluding tert-OH is 1. The highest BCUT2D eigenvalue weighted by Crippen LogP contribution is 2.52. The zero-order chi connectivity index (χ0) is 21.9. The van der Waals surface area contributed by atoms with Gasteiger partial charge in [0.1, 0.15) is 41.0 Å². The highest BCUT2D eigenvalue weighted by molar-refractivity contribution is 5.97. The Labute approximate surface area is 181 Å². The lowest BCUT2D eigenvalue weighted by atomic mass is 9.87. The van der Waals surface area contributed by atoms with E-state index in [0.717, 1.165) is 45.1 Å². The number of aliphatic hydroxyl groups is 1. The van der Waals surface area contributed by atoms with Crippen LogP contribution < -0.4 is 18.9 Å². The van der Waals surface area contributed by atoms with Crippen LogP contribution in [0.5, 0.6) is 23.0 Å². The second-order valence-corrected chi connectivity index (χ2v) is 8.53. The average molecular weight is 422 g/mol. The van der Waals surface area contributed by atoms with Crippen LogP contribution in [0.4, 0.5) is 0 Å². The van der Waals surface area contributed by atoms with Crippen LogP contribution >= 0.6 is 0 Å². The van der Waals surface area contributed by atoms with Crippen LogP contribution in [0.2, 0.25) is 0 Å². The predicted octanol–water partition coefficient (Wildman–Crippen LogP) is 4.43. The van der Waals surface area contributed by atoms with E-state index >= 15 is 0 Å². The molecule has 0 saturated heterocycles. The number of rotatable bonds is 3. The van der Waals surface area contributed by atoms with Crippen LogP contribution in [0.15, 0.2) is 30.3 Å². The van der Waals surface area contributed by atoms with Crippen molar-refractivity contribution in [3.8, 4) is 23.0 Å². The highest BCUT2D eigenvalue weighted by atomic mass is 16.5. The van der Waals surface area contributed by atoms with E-state index in [1.807, 2.05) is 38.1 Å². The summed E-state index contributed by atoms with van der Waals surface area (Å²) >= 11 is 0. The van der Waals surface area contributed by atoms with Gasteiger partial charge < -0.3 is 28.8 Å². The summed E-state index contributed by atoms with van der Waals surface area (Å²) in [5, 5.41) is 9.67. The molecule has 6 heteroatoms. The number of ether oxygens (including phenoxy) is 5. The van der Waals surface area contributed by atoms with E-state index in [4.69, 9.17) is 23.7 Å². The lowest BCUT2D eigenvalue weighted by Gasteiger charge is -2.38. The molecule has 1 N–H and O–H groups in total. The van der Waals surface area contributed by atoms with Gasteiger partial charge in [-0.15, -0.1) is 0 Å². The Morgan fingerprint density at radius 2 is 1.90 bits per heavy atom. The molecule has 0 bridgehead atoms. The van der Waals surface area contributed by atoms with Gasteiger partial charge in [0.2, 0.25) is 0 Å². The average Bonchev–Trinajstić information content (AvgIpc) is 2.74. The summed E-state index contributed by atoms with van der Waals surface area (Å²) in [6.07, 6.45) is 1.77. The van der Waals surface area contributed by atoms with Gasteiger partial charge in [-0.05, 0) is 56.7 Å². The molecule has 0 aliphatic carbocycles. The molecule has 5 rings (SSSR count). The van der Waals surface area contributed by atoms with Crippen molar-refractivity contribution in [3.63, 3.8) is 0 Å². The van der Waals surface area contributed by atoms with Gasteiger partial charge in [0.15, 0.2) is 6.10 Å². The largest absolute Gasteiger partial charge is 0.496 e. The highest BCUT2D eigenvalue weighted by Gasteiger charge is 2.39. The second kappa shape index (κ2) is 6.95. The minimum Gasteiger partial charge on any atom is -0.496 e. The van der Waals surface area contributed by atoms with Crippen molar-refractivity contribution < 1.29 is 28.8 Å². The summed E-state index contributed by atoms with van der Waals surface area (Å²) in [6.45, 7) is 6.36. The quantitative estimate of drug-likeness (QED) is 0.789. The third-order valence-electron chi connectivity index (χ3n) is 5.96. The van der Waals surface area contributed by atoms with Crippen LogP contribution in [0, 0.1) is 0 Å². The van der Waals surface area contributed by atoms with Crippen LogP contribution in [0.1, 0.15) is 43.0 Å². The van der Waals surface area contributed by atoms with Crippen molar-refractivity contribution in [1.82, 2.24) is 0 Å². The third kappa shape index (κ3) is 2.97. The molecule has 3 aliphatic heterocycles. The van der Waals surface area contributed by atoms with Crippen LogP contribution in [0.25, 0.3) is 16.9 Å². The molecule has 2 aromatic carbocycles. The summed E-state index contributed by atoms with van der Waals surface area (Å²) in [7, 11) is 3.26. The minimum atomic E-state index is -0.376. The molecule has 0 unspecified atom stereocenters. The summed E-state index contributed by atoms with van der Waals surface area (Å²) in [5.41, 5.74) is 4.98. The number of fused-ring (bicyclic) bond motifs is 6. The van der Waals surface area contributed by atoms with Gasteiger partial charge in [-0.2, -0.15) is 0 Å². The topological polar surface area (TPSA) is 66.4 Å². The van der Waals surface area contributed by atoms with Crippen LogP contribution in [0.3, 0.4) is 0 Å². The van der Waals surface area contributed by atoms with Gasteiger partial charge in [-0.3, -0.25) is 0 Å². The fraction of sp³-hybridized carbons (Fsp3) is 0.360. The fourth-order valence-corrected chi connectivity index (χ4v) is 4.77. The maximum absolute atomic E-state index is 9.67. The van der Waals surface area contributed by atoms with E-state index < -0.39 is 0 Å². The maximum atomic E-state index is 9.67. The van der Waals surface area contributed by atoms with E-state index in [1.54, 1.807) is 14.2 Å². The standard InChI is InChI=1S/C25H26O6/c1-13-10-25(2,3)31-17-7-6-15-23(28-5)22-16-9-18(27-4)14(11-26)8-19(16)29-12-20(22)30-24(15)21(13)17/h6-10,20,26H,11-12H2,1-5H3/t20-/m1/s1. The van der Waals surface area contributed by atoms with E-state index in [0.29, 0.717) is 23.7 Å².